The van der Waals surface area contributed by atoms with Crippen LogP contribution in [0.25, 0.3) is 0 Å². The molecular weight excluding hydrogens is 370 g/mol. The number of ether oxygens (including phenoxy) is 1. The van der Waals surface area contributed by atoms with Crippen LogP contribution in [0, 0.1) is 0 Å². The first-order valence-corrected chi connectivity index (χ1v) is 9.70. The lowest BCUT2D eigenvalue weighted by Gasteiger charge is -2.30. The number of thioether (sulfide) groups is 1. The summed E-state index contributed by atoms with van der Waals surface area (Å²) in [6.07, 6.45) is 1.13. The molecule has 0 saturated carbocycles. The van der Waals surface area contributed by atoms with Gasteiger partial charge in [-0.25, -0.2) is 4.79 Å². The van der Waals surface area contributed by atoms with E-state index >= 15 is 0 Å². The number of fused-ring (bicyclic) bond motifs is 2. The number of carbonyl (C=O) groups is 4. The Morgan fingerprint density at radius 3 is 2.93 bits per heavy atom. The summed E-state index contributed by atoms with van der Waals surface area (Å²) in [6.45, 7) is 1.35. The van der Waals surface area contributed by atoms with Crippen molar-refractivity contribution in [2.75, 3.05) is 29.1 Å². The van der Waals surface area contributed by atoms with Crippen LogP contribution >= 0.6 is 11.8 Å². The third-order valence-electron chi connectivity index (χ3n) is 5.13. The van der Waals surface area contributed by atoms with Gasteiger partial charge in [-0.05, 0) is 25.5 Å². The number of para-hydroxylation sites is 2. The van der Waals surface area contributed by atoms with E-state index in [0.717, 1.165) is 0 Å². The van der Waals surface area contributed by atoms with Gasteiger partial charge in [0.05, 0.1) is 16.2 Å². The van der Waals surface area contributed by atoms with Crippen molar-refractivity contribution in [3.8, 4) is 0 Å². The van der Waals surface area contributed by atoms with E-state index in [1.54, 1.807) is 40.9 Å². The maximum Gasteiger partial charge on any atom is 0.330 e. The molecule has 0 unspecified atom stereocenters. The summed E-state index contributed by atoms with van der Waals surface area (Å²) in [7, 11) is 0. The van der Waals surface area contributed by atoms with Gasteiger partial charge in [0.1, 0.15) is 12.6 Å². The summed E-state index contributed by atoms with van der Waals surface area (Å²) in [6, 6.07) is 6.28. The summed E-state index contributed by atoms with van der Waals surface area (Å²) in [5.74, 6) is -0.961. The number of carbonyl (C=O) groups excluding carboxylic acids is 4. The lowest BCUT2D eigenvalue weighted by Crippen LogP contribution is -2.48. The standard InChI is InChI=1S/C18H19N3O5S/c1-18-7-6-15(23)21(18)13(10-27-18)17(25)26-9-16(24)20-8-14(22)19-11-4-2-3-5-12(11)20/h2-5,13H,6-10H2,1H3,(H,19,22)/t13-,18-/m1/s1. The maximum atomic E-state index is 12.6. The fourth-order valence-corrected chi connectivity index (χ4v) is 5.17. The van der Waals surface area contributed by atoms with Crippen LogP contribution in [0.4, 0.5) is 11.4 Å². The molecule has 8 nitrogen and oxygen atoms in total. The van der Waals surface area contributed by atoms with Crippen LogP contribution in [-0.2, 0) is 23.9 Å². The molecule has 0 aliphatic carbocycles. The predicted molar refractivity (Wildman–Crippen MR) is 99.1 cm³/mol. The van der Waals surface area contributed by atoms with E-state index in [0.29, 0.717) is 30.0 Å². The van der Waals surface area contributed by atoms with Gasteiger partial charge in [-0.1, -0.05) is 12.1 Å². The average Bonchev–Trinajstić information content (AvgIpc) is 3.14. The Morgan fingerprint density at radius 2 is 2.11 bits per heavy atom. The van der Waals surface area contributed by atoms with Gasteiger partial charge >= 0.3 is 5.97 Å². The molecule has 1 N–H and O–H groups in total. The Balaban J connectivity index is 1.42. The number of anilines is 2. The number of rotatable bonds is 3. The maximum absolute atomic E-state index is 12.6. The first-order valence-electron chi connectivity index (χ1n) is 8.71. The third-order valence-corrected chi connectivity index (χ3v) is 6.63. The zero-order chi connectivity index (χ0) is 19.2. The Hall–Kier alpha value is -2.55. The molecule has 142 valence electrons. The van der Waals surface area contributed by atoms with E-state index in [2.05, 4.69) is 5.32 Å². The van der Waals surface area contributed by atoms with Crippen molar-refractivity contribution in [1.29, 1.82) is 0 Å². The average molecular weight is 389 g/mol. The van der Waals surface area contributed by atoms with Crippen molar-refractivity contribution >= 4 is 46.8 Å². The van der Waals surface area contributed by atoms with Crippen LogP contribution < -0.4 is 10.2 Å². The van der Waals surface area contributed by atoms with Crippen LogP contribution in [0.3, 0.4) is 0 Å². The van der Waals surface area contributed by atoms with Crippen LogP contribution in [0.5, 0.6) is 0 Å². The van der Waals surface area contributed by atoms with Crippen LogP contribution in [0.1, 0.15) is 19.8 Å². The highest BCUT2D eigenvalue weighted by Gasteiger charge is 2.53. The van der Waals surface area contributed by atoms with Crippen molar-refractivity contribution in [3.05, 3.63) is 24.3 Å². The second-order valence-corrected chi connectivity index (χ2v) is 8.42. The molecule has 2 atom stereocenters. The quantitative estimate of drug-likeness (QED) is 0.774. The van der Waals surface area contributed by atoms with E-state index in [9.17, 15) is 19.2 Å². The van der Waals surface area contributed by atoms with E-state index in [-0.39, 0.29) is 23.2 Å². The van der Waals surface area contributed by atoms with Gasteiger partial charge in [-0.3, -0.25) is 19.3 Å². The highest BCUT2D eigenvalue weighted by atomic mass is 32.2. The number of benzene rings is 1. The van der Waals surface area contributed by atoms with Gasteiger partial charge < -0.3 is 15.0 Å². The second kappa shape index (κ2) is 6.56. The lowest BCUT2D eigenvalue weighted by atomic mass is 10.2. The minimum atomic E-state index is -0.667. The van der Waals surface area contributed by atoms with Gasteiger partial charge in [0.2, 0.25) is 11.8 Å². The predicted octanol–water partition coefficient (Wildman–Crippen LogP) is 0.969. The summed E-state index contributed by atoms with van der Waals surface area (Å²) < 4.78 is 5.22. The molecule has 3 aliphatic rings. The Kier molecular flexibility index (Phi) is 4.33. The summed E-state index contributed by atoms with van der Waals surface area (Å²) >= 11 is 1.56. The molecule has 3 heterocycles. The van der Waals surface area contributed by atoms with Crippen LogP contribution in [0.2, 0.25) is 0 Å². The molecule has 0 bridgehead atoms. The Morgan fingerprint density at radius 1 is 1.33 bits per heavy atom. The van der Waals surface area contributed by atoms with Gasteiger partial charge in [-0.2, -0.15) is 0 Å². The molecule has 3 amide bonds. The van der Waals surface area contributed by atoms with E-state index in [1.807, 2.05) is 6.92 Å². The molecule has 0 spiro atoms. The lowest BCUT2D eigenvalue weighted by molar-refractivity contribution is -0.155. The van der Waals surface area contributed by atoms with Gasteiger partial charge in [-0.15, -0.1) is 11.8 Å². The van der Waals surface area contributed by atoms with E-state index < -0.39 is 24.5 Å². The third kappa shape index (κ3) is 3.05. The molecular formula is C18H19N3O5S. The number of nitrogens with zero attached hydrogens (tertiary/aromatic N) is 2. The minimum absolute atomic E-state index is 0.0580. The molecule has 2 saturated heterocycles. The molecule has 2 fully saturated rings. The van der Waals surface area contributed by atoms with Gasteiger partial charge in [0, 0.05) is 12.2 Å². The number of hydrogen-bond acceptors (Lipinski definition) is 6. The van der Waals surface area contributed by atoms with Crippen molar-refractivity contribution in [1.82, 2.24) is 4.90 Å². The molecule has 0 aromatic heterocycles. The first kappa shape index (κ1) is 17.8. The van der Waals surface area contributed by atoms with Gasteiger partial charge in [0.15, 0.2) is 6.61 Å². The fourth-order valence-electron chi connectivity index (χ4n) is 3.76. The minimum Gasteiger partial charge on any atom is -0.454 e. The molecule has 4 rings (SSSR count). The number of amides is 3. The number of esters is 1. The topological polar surface area (TPSA) is 96.0 Å². The van der Waals surface area contributed by atoms with E-state index in [4.69, 9.17) is 4.74 Å². The monoisotopic (exact) mass is 389 g/mol. The van der Waals surface area contributed by atoms with Crippen molar-refractivity contribution in [2.24, 2.45) is 0 Å². The molecule has 1 aromatic rings. The molecule has 9 heteroatoms. The molecule has 1 aromatic carbocycles. The summed E-state index contributed by atoms with van der Waals surface area (Å²) in [5.41, 5.74) is 1.11. The zero-order valence-corrected chi connectivity index (χ0v) is 15.6. The fraction of sp³-hybridized carbons (Fsp3) is 0.444. The second-order valence-electron chi connectivity index (χ2n) is 6.92. The van der Waals surface area contributed by atoms with Crippen molar-refractivity contribution in [2.45, 2.75) is 30.7 Å². The molecule has 27 heavy (non-hydrogen) atoms. The van der Waals surface area contributed by atoms with Crippen molar-refractivity contribution in [3.63, 3.8) is 0 Å². The molecule has 3 aliphatic heterocycles. The van der Waals surface area contributed by atoms with Crippen LogP contribution in [0.15, 0.2) is 24.3 Å². The zero-order valence-electron chi connectivity index (χ0n) is 14.8. The van der Waals surface area contributed by atoms with Gasteiger partial charge in [0.25, 0.3) is 5.91 Å². The van der Waals surface area contributed by atoms with E-state index in [1.165, 1.54) is 4.90 Å². The Bertz CT molecular complexity index is 844. The summed E-state index contributed by atoms with van der Waals surface area (Å²) in [4.78, 5) is 51.5. The number of nitrogens with one attached hydrogen (secondary N) is 1. The largest absolute Gasteiger partial charge is 0.454 e. The smallest absolute Gasteiger partial charge is 0.330 e. The normalized spacial score (nSPS) is 26.5. The first-order chi connectivity index (χ1) is 12.9. The highest BCUT2D eigenvalue weighted by molar-refractivity contribution is 8.01. The SMILES string of the molecule is C[C@@]12CCC(=O)N1[C@@H](C(=O)OCC(=O)N1CC(=O)Nc3ccccc31)CS2. The highest BCUT2D eigenvalue weighted by Crippen LogP contribution is 2.47. The van der Waals surface area contributed by atoms with Crippen LogP contribution in [-0.4, -0.2) is 58.4 Å². The summed E-state index contributed by atoms with van der Waals surface area (Å²) in [5, 5.41) is 2.70. The number of hydrogen-bond donors (Lipinski definition) is 1. The molecule has 0 radical (unpaired) electrons. The van der Waals surface area contributed by atoms with Crippen molar-refractivity contribution < 1.29 is 23.9 Å². The Labute approximate surface area is 160 Å².